The summed E-state index contributed by atoms with van der Waals surface area (Å²) in [5.74, 6) is 0.111. The fourth-order valence-corrected chi connectivity index (χ4v) is 4.17. The van der Waals surface area contributed by atoms with E-state index in [1.54, 1.807) is 0 Å². The van der Waals surface area contributed by atoms with E-state index in [0.717, 1.165) is 27.8 Å². The molecule has 27 heavy (non-hydrogen) atoms. The summed E-state index contributed by atoms with van der Waals surface area (Å²) in [5.41, 5.74) is 4.25. The quantitative estimate of drug-likeness (QED) is 0.599. The van der Waals surface area contributed by atoms with Crippen molar-refractivity contribution < 1.29 is 4.79 Å². The highest BCUT2D eigenvalue weighted by molar-refractivity contribution is 6.12. The Labute approximate surface area is 160 Å². The van der Waals surface area contributed by atoms with Gasteiger partial charge in [0, 0.05) is 11.6 Å². The Hall–Kier alpha value is -2.97. The van der Waals surface area contributed by atoms with Gasteiger partial charge in [0.1, 0.15) is 5.54 Å². The zero-order valence-corrected chi connectivity index (χ0v) is 15.5. The van der Waals surface area contributed by atoms with Crippen LogP contribution in [-0.2, 0) is 5.54 Å². The fourth-order valence-electron chi connectivity index (χ4n) is 4.17. The molecule has 0 aromatic heterocycles. The molecule has 0 saturated heterocycles. The molecular formula is C25H23NO. The van der Waals surface area contributed by atoms with Crippen molar-refractivity contribution in [2.45, 2.75) is 24.9 Å². The van der Waals surface area contributed by atoms with E-state index in [2.05, 4.69) is 43.1 Å². The van der Waals surface area contributed by atoms with Crippen LogP contribution in [0.3, 0.4) is 0 Å². The highest BCUT2D eigenvalue weighted by Gasteiger charge is 2.45. The molecule has 1 aliphatic rings. The Morgan fingerprint density at radius 2 is 1.48 bits per heavy atom. The van der Waals surface area contributed by atoms with Crippen LogP contribution in [0.5, 0.6) is 0 Å². The first-order valence-corrected chi connectivity index (χ1v) is 9.34. The molecule has 0 spiro atoms. The lowest BCUT2D eigenvalue weighted by atomic mass is 9.70. The van der Waals surface area contributed by atoms with Gasteiger partial charge in [-0.15, -0.1) is 6.58 Å². The summed E-state index contributed by atoms with van der Waals surface area (Å²) in [6.45, 7) is 6.06. The van der Waals surface area contributed by atoms with E-state index >= 15 is 0 Å². The average Bonchev–Trinajstić information content (AvgIpc) is 2.73. The molecule has 2 atom stereocenters. The van der Waals surface area contributed by atoms with Crippen LogP contribution in [0.4, 0.5) is 0 Å². The monoisotopic (exact) mass is 353 g/mol. The lowest BCUT2D eigenvalue weighted by Gasteiger charge is -2.41. The number of nitrogens with one attached hydrogen (secondary N) is 1. The normalized spacial score (nSPS) is 19.1. The van der Waals surface area contributed by atoms with Gasteiger partial charge in [0.05, 0.1) is 0 Å². The minimum absolute atomic E-state index is 0.0217. The van der Waals surface area contributed by atoms with Gasteiger partial charge in [-0.1, -0.05) is 84.9 Å². The molecule has 0 bridgehead atoms. The highest BCUT2D eigenvalue weighted by atomic mass is 16.1. The molecular weight excluding hydrogens is 330 g/mol. The summed E-state index contributed by atoms with van der Waals surface area (Å²) in [7, 11) is 0. The second-order valence-corrected chi connectivity index (χ2v) is 7.10. The third kappa shape index (κ3) is 2.83. The number of ketones is 1. The lowest BCUT2D eigenvalue weighted by molar-refractivity contribution is 0.0831. The molecule has 0 amide bonds. The first-order valence-electron chi connectivity index (χ1n) is 9.34. The minimum Gasteiger partial charge on any atom is -0.294 e. The van der Waals surface area contributed by atoms with E-state index < -0.39 is 5.54 Å². The molecule has 2 nitrogen and oxygen atoms in total. The zero-order chi connectivity index (χ0) is 18.9. The summed E-state index contributed by atoms with van der Waals surface area (Å²) >= 11 is 0. The molecule has 134 valence electrons. The zero-order valence-electron chi connectivity index (χ0n) is 15.5. The van der Waals surface area contributed by atoms with Gasteiger partial charge in [-0.3, -0.25) is 10.1 Å². The van der Waals surface area contributed by atoms with E-state index in [0.29, 0.717) is 6.42 Å². The van der Waals surface area contributed by atoms with Gasteiger partial charge in [-0.2, -0.15) is 0 Å². The number of carbonyl (C=O) groups excluding carboxylic acids is 1. The van der Waals surface area contributed by atoms with E-state index in [1.165, 1.54) is 0 Å². The summed E-state index contributed by atoms with van der Waals surface area (Å²) in [6, 6.07) is 26.4. The van der Waals surface area contributed by atoms with Crippen molar-refractivity contribution in [3.63, 3.8) is 0 Å². The van der Waals surface area contributed by atoms with Crippen LogP contribution in [0.25, 0.3) is 11.1 Å². The Bertz CT molecular complexity index is 992. The van der Waals surface area contributed by atoms with Gasteiger partial charge in [0.15, 0.2) is 5.78 Å². The SMILES string of the molecule is C=CC[C@@]1(N[C@@H](C)c2ccccc2)C(=O)c2ccccc2-c2ccccc21. The highest BCUT2D eigenvalue weighted by Crippen LogP contribution is 2.44. The summed E-state index contributed by atoms with van der Waals surface area (Å²) in [4.78, 5) is 13.7. The number of hydrogen-bond donors (Lipinski definition) is 1. The smallest absolute Gasteiger partial charge is 0.188 e. The van der Waals surface area contributed by atoms with Gasteiger partial charge < -0.3 is 0 Å². The molecule has 0 heterocycles. The Balaban J connectivity index is 1.89. The van der Waals surface area contributed by atoms with Crippen LogP contribution in [-0.4, -0.2) is 5.78 Å². The molecule has 0 unspecified atom stereocenters. The van der Waals surface area contributed by atoms with Gasteiger partial charge in [0.2, 0.25) is 0 Å². The van der Waals surface area contributed by atoms with Crippen LogP contribution in [0.1, 0.15) is 40.9 Å². The second-order valence-electron chi connectivity index (χ2n) is 7.10. The van der Waals surface area contributed by atoms with Crippen molar-refractivity contribution in [3.8, 4) is 11.1 Å². The number of fused-ring (bicyclic) bond motifs is 3. The largest absolute Gasteiger partial charge is 0.294 e. The fraction of sp³-hybridized carbons (Fsp3) is 0.160. The number of Topliss-reactive ketones (excluding diaryl/α,β-unsaturated/α-hetero) is 1. The molecule has 0 saturated carbocycles. The maximum absolute atomic E-state index is 13.7. The first-order chi connectivity index (χ1) is 13.2. The Kier molecular flexibility index (Phi) is 4.51. The molecule has 2 heteroatoms. The Morgan fingerprint density at radius 1 is 0.889 bits per heavy atom. The molecule has 0 fully saturated rings. The van der Waals surface area contributed by atoms with Crippen LogP contribution in [0.2, 0.25) is 0 Å². The predicted molar refractivity (Wildman–Crippen MR) is 111 cm³/mol. The van der Waals surface area contributed by atoms with Crippen LogP contribution >= 0.6 is 0 Å². The maximum atomic E-state index is 13.7. The summed E-state index contributed by atoms with van der Waals surface area (Å²) in [5, 5.41) is 3.68. The number of hydrogen-bond acceptors (Lipinski definition) is 2. The molecule has 1 aliphatic carbocycles. The molecule has 4 rings (SSSR count). The standard InChI is InChI=1S/C25H23NO/c1-3-17-25(26-18(2)19-11-5-4-6-12-19)23-16-10-9-14-21(23)20-13-7-8-15-22(20)24(25)27/h3-16,18,26H,1,17H2,2H3/t18-,25-/m0/s1. The van der Waals surface area contributed by atoms with E-state index in [9.17, 15) is 4.79 Å². The van der Waals surface area contributed by atoms with E-state index in [4.69, 9.17) is 0 Å². The molecule has 0 radical (unpaired) electrons. The minimum atomic E-state index is -0.818. The summed E-state index contributed by atoms with van der Waals surface area (Å²) < 4.78 is 0. The third-order valence-corrected chi connectivity index (χ3v) is 5.45. The molecule has 1 N–H and O–H groups in total. The molecule has 3 aromatic carbocycles. The maximum Gasteiger partial charge on any atom is 0.188 e. The van der Waals surface area contributed by atoms with Crippen molar-refractivity contribution in [1.82, 2.24) is 5.32 Å². The van der Waals surface area contributed by atoms with Crippen LogP contribution in [0.15, 0.2) is 91.5 Å². The first kappa shape index (κ1) is 17.4. The number of rotatable bonds is 5. The van der Waals surface area contributed by atoms with Crippen molar-refractivity contribution in [3.05, 3.63) is 108 Å². The van der Waals surface area contributed by atoms with Gasteiger partial charge in [-0.05, 0) is 35.6 Å². The van der Waals surface area contributed by atoms with Crippen LogP contribution < -0.4 is 5.32 Å². The van der Waals surface area contributed by atoms with Gasteiger partial charge in [0.25, 0.3) is 0 Å². The van der Waals surface area contributed by atoms with Gasteiger partial charge >= 0.3 is 0 Å². The molecule has 0 aliphatic heterocycles. The Morgan fingerprint density at radius 3 is 2.19 bits per heavy atom. The van der Waals surface area contributed by atoms with Crippen molar-refractivity contribution in [1.29, 1.82) is 0 Å². The summed E-state index contributed by atoms with van der Waals surface area (Å²) in [6.07, 6.45) is 2.38. The van der Waals surface area contributed by atoms with Crippen LogP contribution in [0, 0.1) is 0 Å². The van der Waals surface area contributed by atoms with Gasteiger partial charge in [-0.25, -0.2) is 0 Å². The molecule has 3 aromatic rings. The lowest BCUT2D eigenvalue weighted by Crippen LogP contribution is -2.51. The average molecular weight is 353 g/mol. The van der Waals surface area contributed by atoms with E-state index in [1.807, 2.05) is 60.7 Å². The van der Waals surface area contributed by atoms with Crippen molar-refractivity contribution in [2.75, 3.05) is 0 Å². The number of benzene rings is 3. The topological polar surface area (TPSA) is 29.1 Å². The van der Waals surface area contributed by atoms with Crippen molar-refractivity contribution in [2.24, 2.45) is 0 Å². The second kappa shape index (κ2) is 6.98. The third-order valence-electron chi connectivity index (χ3n) is 5.45. The van der Waals surface area contributed by atoms with E-state index in [-0.39, 0.29) is 11.8 Å². The predicted octanol–water partition coefficient (Wildman–Crippen LogP) is 5.67. The number of carbonyl (C=O) groups is 1. The van der Waals surface area contributed by atoms with Crippen molar-refractivity contribution >= 4 is 5.78 Å².